The molecule has 0 N–H and O–H groups in total. The molecule has 116 valence electrons. The molecular formula is C18H17N3O2. The van der Waals surface area contributed by atoms with Gasteiger partial charge in [0.25, 0.3) is 0 Å². The van der Waals surface area contributed by atoms with Gasteiger partial charge in [-0.15, -0.1) is 5.10 Å². The molecule has 23 heavy (non-hydrogen) atoms. The summed E-state index contributed by atoms with van der Waals surface area (Å²) in [6.07, 6.45) is 2.68. The first-order valence-electron chi connectivity index (χ1n) is 7.35. The molecule has 0 spiro atoms. The lowest BCUT2D eigenvalue weighted by molar-refractivity contribution is 0.112. The van der Waals surface area contributed by atoms with E-state index in [9.17, 15) is 4.79 Å². The minimum Gasteiger partial charge on any atom is -0.487 e. The van der Waals surface area contributed by atoms with E-state index in [0.717, 1.165) is 12.0 Å². The van der Waals surface area contributed by atoms with Crippen LogP contribution in [0, 0.1) is 6.92 Å². The molecule has 1 aromatic heterocycles. The van der Waals surface area contributed by atoms with Gasteiger partial charge < -0.3 is 4.74 Å². The van der Waals surface area contributed by atoms with Gasteiger partial charge in [0.15, 0.2) is 0 Å². The van der Waals surface area contributed by atoms with Crippen LogP contribution in [-0.4, -0.2) is 21.3 Å². The van der Waals surface area contributed by atoms with Crippen molar-refractivity contribution in [1.82, 2.24) is 15.0 Å². The van der Waals surface area contributed by atoms with E-state index < -0.39 is 0 Å². The summed E-state index contributed by atoms with van der Waals surface area (Å²) in [5, 5.41) is 8.22. The zero-order valence-corrected chi connectivity index (χ0v) is 12.8. The van der Waals surface area contributed by atoms with Crippen molar-refractivity contribution in [2.45, 2.75) is 20.1 Å². The molecule has 0 atom stereocenters. The second-order valence-electron chi connectivity index (χ2n) is 5.37. The van der Waals surface area contributed by atoms with Gasteiger partial charge in [-0.2, -0.15) is 0 Å². The Hall–Kier alpha value is -2.95. The summed E-state index contributed by atoms with van der Waals surface area (Å²) in [7, 11) is 0. The molecule has 5 nitrogen and oxygen atoms in total. The number of rotatable bonds is 6. The Morgan fingerprint density at radius 1 is 1.09 bits per heavy atom. The third-order valence-electron chi connectivity index (χ3n) is 3.45. The van der Waals surface area contributed by atoms with Gasteiger partial charge in [-0.25, -0.2) is 4.68 Å². The average Bonchev–Trinajstić information content (AvgIpc) is 3.03. The predicted octanol–water partition coefficient (Wildman–Crippen LogP) is 3.03. The molecule has 0 aliphatic heterocycles. The largest absolute Gasteiger partial charge is 0.487 e. The fourth-order valence-corrected chi connectivity index (χ4v) is 2.16. The molecule has 5 heteroatoms. The highest BCUT2D eigenvalue weighted by Gasteiger charge is 2.03. The molecule has 0 fully saturated rings. The molecule has 0 amide bonds. The lowest BCUT2D eigenvalue weighted by atomic mass is 10.1. The van der Waals surface area contributed by atoms with E-state index in [2.05, 4.69) is 41.5 Å². The van der Waals surface area contributed by atoms with Gasteiger partial charge in [0.2, 0.25) is 0 Å². The molecule has 0 aliphatic rings. The van der Waals surface area contributed by atoms with E-state index in [0.29, 0.717) is 24.5 Å². The average molecular weight is 307 g/mol. The molecule has 3 rings (SSSR count). The van der Waals surface area contributed by atoms with Crippen molar-refractivity contribution in [3.8, 4) is 5.75 Å². The summed E-state index contributed by atoms with van der Waals surface area (Å²) in [6.45, 7) is 3.09. The quantitative estimate of drug-likeness (QED) is 0.657. The molecule has 0 bridgehead atoms. The summed E-state index contributed by atoms with van der Waals surface area (Å²) in [4.78, 5) is 10.6. The van der Waals surface area contributed by atoms with Crippen molar-refractivity contribution in [3.63, 3.8) is 0 Å². The number of hydrogen-bond acceptors (Lipinski definition) is 4. The smallest absolute Gasteiger partial charge is 0.150 e. The zero-order valence-electron chi connectivity index (χ0n) is 12.8. The minimum atomic E-state index is 0.342. The Labute approximate surface area is 134 Å². The maximum atomic E-state index is 10.6. The SMILES string of the molecule is Cc1ccc(Cn2cc(COc3ccc(C=O)cc3)nn2)cc1. The van der Waals surface area contributed by atoms with E-state index in [4.69, 9.17) is 4.74 Å². The van der Waals surface area contributed by atoms with Gasteiger partial charge >= 0.3 is 0 Å². The monoisotopic (exact) mass is 307 g/mol. The third kappa shape index (κ3) is 4.03. The fourth-order valence-electron chi connectivity index (χ4n) is 2.16. The highest BCUT2D eigenvalue weighted by Crippen LogP contribution is 2.13. The van der Waals surface area contributed by atoms with E-state index in [1.807, 2.05) is 6.20 Å². The van der Waals surface area contributed by atoms with E-state index in [1.165, 1.54) is 11.1 Å². The number of aromatic nitrogens is 3. The van der Waals surface area contributed by atoms with Crippen LogP contribution in [0.5, 0.6) is 5.75 Å². The Kier molecular flexibility index (Phi) is 4.47. The number of carbonyl (C=O) groups excluding carboxylic acids is 1. The van der Waals surface area contributed by atoms with Crippen LogP contribution in [0.25, 0.3) is 0 Å². The van der Waals surface area contributed by atoms with Crippen LogP contribution in [-0.2, 0) is 13.2 Å². The summed E-state index contributed by atoms with van der Waals surface area (Å²) in [5.41, 5.74) is 3.80. The third-order valence-corrected chi connectivity index (χ3v) is 3.45. The van der Waals surface area contributed by atoms with Gasteiger partial charge in [0, 0.05) is 5.56 Å². The molecular weight excluding hydrogens is 290 g/mol. The first kappa shape index (κ1) is 15.0. The maximum absolute atomic E-state index is 10.6. The van der Waals surface area contributed by atoms with Crippen molar-refractivity contribution in [3.05, 3.63) is 77.1 Å². The van der Waals surface area contributed by atoms with Gasteiger partial charge in [-0.05, 0) is 36.8 Å². The van der Waals surface area contributed by atoms with Crippen molar-refractivity contribution in [1.29, 1.82) is 0 Å². The van der Waals surface area contributed by atoms with Crippen LogP contribution in [0.3, 0.4) is 0 Å². The lowest BCUT2D eigenvalue weighted by Gasteiger charge is -2.03. The number of carbonyl (C=O) groups is 1. The molecule has 1 heterocycles. The standard InChI is InChI=1S/C18H17N3O2/c1-14-2-4-15(5-3-14)10-21-11-17(19-20-21)13-23-18-8-6-16(12-22)7-9-18/h2-9,11-12H,10,13H2,1H3. The number of ether oxygens (including phenoxy) is 1. The molecule has 0 unspecified atom stereocenters. The second-order valence-corrected chi connectivity index (χ2v) is 5.37. The molecule has 0 saturated heterocycles. The highest BCUT2D eigenvalue weighted by atomic mass is 16.5. The van der Waals surface area contributed by atoms with Crippen molar-refractivity contribution in [2.24, 2.45) is 0 Å². The van der Waals surface area contributed by atoms with E-state index >= 15 is 0 Å². The van der Waals surface area contributed by atoms with Crippen LogP contribution in [0.1, 0.15) is 27.2 Å². The highest BCUT2D eigenvalue weighted by molar-refractivity contribution is 5.74. The Balaban J connectivity index is 1.58. The van der Waals surface area contributed by atoms with E-state index in [1.54, 1.807) is 28.9 Å². The second kappa shape index (κ2) is 6.87. The number of nitrogens with zero attached hydrogens (tertiary/aromatic N) is 3. The van der Waals surface area contributed by atoms with Gasteiger partial charge in [0.1, 0.15) is 24.3 Å². The van der Waals surface area contributed by atoms with Gasteiger partial charge in [0.05, 0.1) is 12.7 Å². The van der Waals surface area contributed by atoms with Crippen molar-refractivity contribution >= 4 is 6.29 Å². The zero-order chi connectivity index (χ0) is 16.1. The number of aryl methyl sites for hydroxylation is 1. The first-order chi connectivity index (χ1) is 11.2. The molecule has 0 radical (unpaired) electrons. The molecule has 0 aliphatic carbocycles. The molecule has 3 aromatic rings. The number of hydrogen-bond donors (Lipinski definition) is 0. The van der Waals surface area contributed by atoms with E-state index in [-0.39, 0.29) is 0 Å². The normalized spacial score (nSPS) is 10.5. The van der Waals surface area contributed by atoms with Crippen LogP contribution in [0.15, 0.2) is 54.7 Å². The van der Waals surface area contributed by atoms with Crippen LogP contribution in [0.2, 0.25) is 0 Å². The summed E-state index contributed by atoms with van der Waals surface area (Å²) >= 11 is 0. The Morgan fingerprint density at radius 3 is 2.52 bits per heavy atom. The molecule has 2 aromatic carbocycles. The number of aldehydes is 1. The van der Waals surface area contributed by atoms with Crippen LogP contribution < -0.4 is 4.74 Å². The Bertz CT molecular complexity index is 777. The van der Waals surface area contributed by atoms with Gasteiger partial charge in [-0.3, -0.25) is 4.79 Å². The lowest BCUT2D eigenvalue weighted by Crippen LogP contribution is -2.00. The van der Waals surface area contributed by atoms with Crippen molar-refractivity contribution < 1.29 is 9.53 Å². The number of benzene rings is 2. The van der Waals surface area contributed by atoms with Crippen molar-refractivity contribution in [2.75, 3.05) is 0 Å². The van der Waals surface area contributed by atoms with Gasteiger partial charge in [-0.1, -0.05) is 35.0 Å². The minimum absolute atomic E-state index is 0.342. The summed E-state index contributed by atoms with van der Waals surface area (Å²) in [5.74, 6) is 0.698. The van der Waals surface area contributed by atoms with Crippen LogP contribution >= 0.6 is 0 Å². The summed E-state index contributed by atoms with van der Waals surface area (Å²) in [6, 6.07) is 15.3. The Morgan fingerprint density at radius 2 is 1.83 bits per heavy atom. The van der Waals surface area contributed by atoms with Crippen LogP contribution in [0.4, 0.5) is 0 Å². The first-order valence-corrected chi connectivity index (χ1v) is 7.35. The summed E-state index contributed by atoms with van der Waals surface area (Å²) < 4.78 is 7.43. The maximum Gasteiger partial charge on any atom is 0.150 e. The predicted molar refractivity (Wildman–Crippen MR) is 86.5 cm³/mol. The topological polar surface area (TPSA) is 57.0 Å². The molecule has 0 saturated carbocycles. The fraction of sp³-hybridized carbons (Fsp3) is 0.167.